The first-order valence-corrected chi connectivity index (χ1v) is 3.86. The lowest BCUT2D eigenvalue weighted by Gasteiger charge is -2.08. The molecule has 0 radical (unpaired) electrons. The second-order valence-corrected chi connectivity index (χ2v) is 2.54. The van der Waals surface area contributed by atoms with Crippen LogP contribution in [-0.4, -0.2) is 17.0 Å². The van der Waals surface area contributed by atoms with Gasteiger partial charge in [-0.3, -0.25) is 15.0 Å². The number of hydrogen-bond acceptors (Lipinski definition) is 3. The summed E-state index contributed by atoms with van der Waals surface area (Å²) in [5.74, 6) is 2.07. The Balaban J connectivity index is 4.04. The number of carboxylic acid groups (broad SMARTS) is 1. The standard InChI is InChI=1S/C7H14N2O3/c1-2-3-4-5(7(11)12)6(10)9-8/h5H,2-4,8H2,1H3,(H,9,10)(H,11,12). The molecular formula is C7H14N2O3. The third-order valence-electron chi connectivity index (χ3n) is 1.60. The Bertz CT molecular complexity index is 170. The van der Waals surface area contributed by atoms with Gasteiger partial charge in [0, 0.05) is 0 Å². The molecular weight excluding hydrogens is 160 g/mol. The summed E-state index contributed by atoms with van der Waals surface area (Å²) >= 11 is 0. The summed E-state index contributed by atoms with van der Waals surface area (Å²) < 4.78 is 0. The number of nitrogens with one attached hydrogen (secondary N) is 1. The number of aliphatic carboxylic acids is 1. The van der Waals surface area contributed by atoms with E-state index in [-0.39, 0.29) is 0 Å². The minimum absolute atomic E-state index is 0.342. The highest BCUT2D eigenvalue weighted by Gasteiger charge is 2.24. The fourth-order valence-electron chi connectivity index (χ4n) is 0.876. The van der Waals surface area contributed by atoms with Crippen LogP contribution in [0.3, 0.4) is 0 Å². The lowest BCUT2D eigenvalue weighted by molar-refractivity contribution is -0.147. The minimum atomic E-state index is -1.12. The molecule has 0 aliphatic carbocycles. The van der Waals surface area contributed by atoms with E-state index in [0.29, 0.717) is 12.8 Å². The van der Waals surface area contributed by atoms with Gasteiger partial charge >= 0.3 is 5.97 Å². The van der Waals surface area contributed by atoms with Gasteiger partial charge < -0.3 is 5.11 Å². The topological polar surface area (TPSA) is 92.4 Å². The van der Waals surface area contributed by atoms with E-state index in [1.807, 2.05) is 12.3 Å². The molecule has 4 N–H and O–H groups in total. The van der Waals surface area contributed by atoms with Gasteiger partial charge in [-0.25, -0.2) is 5.84 Å². The molecule has 0 fully saturated rings. The molecule has 0 saturated carbocycles. The van der Waals surface area contributed by atoms with E-state index in [1.54, 1.807) is 0 Å². The molecule has 0 heterocycles. The molecule has 70 valence electrons. The molecule has 12 heavy (non-hydrogen) atoms. The Hall–Kier alpha value is -1.10. The van der Waals surface area contributed by atoms with Gasteiger partial charge in [-0.1, -0.05) is 19.8 Å². The second kappa shape index (κ2) is 5.54. The molecule has 1 amide bonds. The van der Waals surface area contributed by atoms with Crippen molar-refractivity contribution in [2.24, 2.45) is 11.8 Å². The molecule has 0 aromatic heterocycles. The van der Waals surface area contributed by atoms with E-state index in [9.17, 15) is 9.59 Å². The summed E-state index contributed by atoms with van der Waals surface area (Å²) in [6.07, 6.45) is 1.92. The van der Waals surface area contributed by atoms with Gasteiger partial charge in [0.05, 0.1) is 0 Å². The first-order valence-electron chi connectivity index (χ1n) is 3.86. The van der Waals surface area contributed by atoms with Crippen molar-refractivity contribution in [1.82, 2.24) is 5.43 Å². The average Bonchev–Trinajstić information content (AvgIpc) is 2.04. The van der Waals surface area contributed by atoms with Gasteiger partial charge in [-0.05, 0) is 6.42 Å². The number of rotatable bonds is 5. The van der Waals surface area contributed by atoms with E-state index in [1.165, 1.54) is 0 Å². The number of unbranched alkanes of at least 4 members (excludes halogenated alkanes) is 1. The Morgan fingerprint density at radius 3 is 2.50 bits per heavy atom. The normalized spacial score (nSPS) is 12.2. The van der Waals surface area contributed by atoms with Crippen LogP contribution in [-0.2, 0) is 9.59 Å². The van der Waals surface area contributed by atoms with Crippen LogP contribution in [0.1, 0.15) is 26.2 Å². The molecule has 0 rings (SSSR count). The molecule has 0 aliphatic heterocycles. The maximum atomic E-state index is 10.8. The second-order valence-electron chi connectivity index (χ2n) is 2.54. The summed E-state index contributed by atoms with van der Waals surface area (Å²) in [6.45, 7) is 1.93. The van der Waals surface area contributed by atoms with Crippen molar-refractivity contribution in [2.75, 3.05) is 0 Å². The average molecular weight is 174 g/mol. The van der Waals surface area contributed by atoms with Crippen LogP contribution in [0.25, 0.3) is 0 Å². The Labute approximate surface area is 70.9 Å². The molecule has 0 saturated heterocycles. The number of hydrazine groups is 1. The SMILES string of the molecule is CCCCC(C(=O)O)C(=O)NN. The van der Waals surface area contributed by atoms with Gasteiger partial charge in [-0.15, -0.1) is 0 Å². The number of hydrogen-bond donors (Lipinski definition) is 3. The minimum Gasteiger partial charge on any atom is -0.481 e. The maximum Gasteiger partial charge on any atom is 0.316 e. The number of carbonyl (C=O) groups excluding carboxylic acids is 1. The highest BCUT2D eigenvalue weighted by molar-refractivity contribution is 5.96. The van der Waals surface area contributed by atoms with Gasteiger partial charge in [0.15, 0.2) is 0 Å². The zero-order valence-electron chi connectivity index (χ0n) is 7.04. The molecule has 5 nitrogen and oxygen atoms in total. The van der Waals surface area contributed by atoms with Crippen molar-refractivity contribution < 1.29 is 14.7 Å². The maximum absolute atomic E-state index is 10.8. The lowest BCUT2D eigenvalue weighted by Crippen LogP contribution is -2.39. The van der Waals surface area contributed by atoms with Crippen LogP contribution >= 0.6 is 0 Å². The van der Waals surface area contributed by atoms with Gasteiger partial charge in [0.2, 0.25) is 5.91 Å². The fraction of sp³-hybridized carbons (Fsp3) is 0.714. The zero-order chi connectivity index (χ0) is 9.56. The van der Waals surface area contributed by atoms with Crippen LogP contribution < -0.4 is 11.3 Å². The van der Waals surface area contributed by atoms with E-state index in [2.05, 4.69) is 0 Å². The zero-order valence-corrected chi connectivity index (χ0v) is 7.04. The lowest BCUT2D eigenvalue weighted by atomic mass is 10.0. The largest absolute Gasteiger partial charge is 0.481 e. The Morgan fingerprint density at radius 2 is 2.17 bits per heavy atom. The summed E-state index contributed by atoms with van der Waals surface area (Å²) in [6, 6.07) is 0. The number of carbonyl (C=O) groups is 2. The molecule has 0 spiro atoms. The molecule has 5 heteroatoms. The molecule has 0 aliphatic rings. The first-order chi connectivity index (χ1) is 5.63. The summed E-state index contributed by atoms with van der Waals surface area (Å²) in [4.78, 5) is 21.3. The monoisotopic (exact) mass is 174 g/mol. The van der Waals surface area contributed by atoms with Crippen molar-refractivity contribution in [3.05, 3.63) is 0 Å². The van der Waals surface area contributed by atoms with Crippen molar-refractivity contribution in [3.63, 3.8) is 0 Å². The van der Waals surface area contributed by atoms with Crippen molar-refractivity contribution in [3.8, 4) is 0 Å². The quantitative estimate of drug-likeness (QED) is 0.234. The van der Waals surface area contributed by atoms with E-state index < -0.39 is 17.8 Å². The number of amides is 1. The van der Waals surface area contributed by atoms with Gasteiger partial charge in [-0.2, -0.15) is 0 Å². The van der Waals surface area contributed by atoms with Crippen molar-refractivity contribution in [2.45, 2.75) is 26.2 Å². The van der Waals surface area contributed by atoms with Crippen molar-refractivity contribution >= 4 is 11.9 Å². The molecule has 0 aromatic rings. The summed E-state index contributed by atoms with van der Waals surface area (Å²) in [7, 11) is 0. The predicted molar refractivity (Wildman–Crippen MR) is 43.0 cm³/mol. The van der Waals surface area contributed by atoms with Crippen LogP contribution in [0.2, 0.25) is 0 Å². The van der Waals surface area contributed by atoms with Crippen LogP contribution in [0, 0.1) is 5.92 Å². The summed E-state index contributed by atoms with van der Waals surface area (Å²) in [5, 5.41) is 8.59. The molecule has 1 unspecified atom stereocenters. The fourth-order valence-corrected chi connectivity index (χ4v) is 0.876. The number of carboxylic acids is 1. The van der Waals surface area contributed by atoms with Crippen molar-refractivity contribution in [1.29, 1.82) is 0 Å². The third kappa shape index (κ3) is 3.34. The number of nitrogens with two attached hydrogens (primary N) is 1. The summed E-state index contributed by atoms with van der Waals surface area (Å²) in [5.41, 5.74) is 1.84. The predicted octanol–water partition coefficient (Wildman–Crippen LogP) is -0.133. The molecule has 0 bridgehead atoms. The van der Waals surface area contributed by atoms with E-state index in [0.717, 1.165) is 6.42 Å². The van der Waals surface area contributed by atoms with Gasteiger partial charge in [0.1, 0.15) is 5.92 Å². The van der Waals surface area contributed by atoms with E-state index >= 15 is 0 Å². The molecule has 0 aromatic carbocycles. The first kappa shape index (κ1) is 10.9. The Kier molecular flexibility index (Phi) is 5.03. The highest BCUT2D eigenvalue weighted by atomic mass is 16.4. The van der Waals surface area contributed by atoms with Crippen LogP contribution in [0.4, 0.5) is 0 Å². The van der Waals surface area contributed by atoms with Crippen LogP contribution in [0.5, 0.6) is 0 Å². The highest BCUT2D eigenvalue weighted by Crippen LogP contribution is 2.08. The Morgan fingerprint density at radius 1 is 1.58 bits per heavy atom. The molecule has 1 atom stereocenters. The van der Waals surface area contributed by atoms with Crippen LogP contribution in [0.15, 0.2) is 0 Å². The van der Waals surface area contributed by atoms with Gasteiger partial charge in [0.25, 0.3) is 0 Å². The smallest absolute Gasteiger partial charge is 0.316 e. The third-order valence-corrected chi connectivity index (χ3v) is 1.60. The van der Waals surface area contributed by atoms with E-state index in [4.69, 9.17) is 10.9 Å².